The molecule has 6 nitrogen and oxygen atoms in total. The number of ether oxygens (including phenoxy) is 3. The number of fused-ring (bicyclic) bond motifs is 1. The fourth-order valence-corrected chi connectivity index (χ4v) is 4.69. The Hall–Kier alpha value is -2.35. The molecule has 1 aliphatic heterocycles. The van der Waals surface area contributed by atoms with Gasteiger partial charge in [0.15, 0.2) is 5.13 Å². The van der Waals surface area contributed by atoms with Crippen molar-refractivity contribution in [2.24, 2.45) is 0 Å². The van der Waals surface area contributed by atoms with E-state index in [0.717, 1.165) is 23.1 Å². The van der Waals surface area contributed by atoms with Crippen LogP contribution in [0.2, 0.25) is 5.02 Å². The quantitative estimate of drug-likeness (QED) is 0.500. The maximum absolute atomic E-state index is 13.6. The lowest BCUT2D eigenvalue weighted by Gasteiger charge is -2.24. The van der Waals surface area contributed by atoms with Crippen LogP contribution in [-0.4, -0.2) is 43.9 Å². The zero-order chi connectivity index (χ0) is 21.1. The molecule has 0 radical (unpaired) electrons. The number of hydrogen-bond acceptors (Lipinski definition) is 6. The molecule has 0 aliphatic carbocycles. The Labute approximate surface area is 184 Å². The summed E-state index contributed by atoms with van der Waals surface area (Å²) in [6.07, 6.45) is 1.87. The van der Waals surface area contributed by atoms with E-state index in [9.17, 15) is 4.79 Å². The molecule has 30 heavy (non-hydrogen) atoms. The molecular weight excluding hydrogens is 424 g/mol. The van der Waals surface area contributed by atoms with Crippen LogP contribution in [0.4, 0.5) is 5.13 Å². The summed E-state index contributed by atoms with van der Waals surface area (Å²) in [5.74, 6) is 0.960. The van der Waals surface area contributed by atoms with Gasteiger partial charge >= 0.3 is 0 Å². The summed E-state index contributed by atoms with van der Waals surface area (Å²) in [5, 5.41) is 1.07. The average molecular weight is 447 g/mol. The molecule has 0 saturated carbocycles. The zero-order valence-corrected chi connectivity index (χ0v) is 18.5. The van der Waals surface area contributed by atoms with Crippen LogP contribution < -0.4 is 14.4 Å². The normalized spacial score (nSPS) is 16.0. The van der Waals surface area contributed by atoms with Crippen LogP contribution in [0.3, 0.4) is 0 Å². The van der Waals surface area contributed by atoms with Crippen LogP contribution in [0.1, 0.15) is 30.1 Å². The van der Waals surface area contributed by atoms with E-state index in [2.05, 4.69) is 0 Å². The molecule has 1 fully saturated rings. The SMILES string of the molecule is CCOc1cccc2sc(N(CC3CCCO3)C(=O)c3cc(Cl)ccc3OC)nc12. The number of aromatic nitrogens is 1. The number of hydrogen-bond donors (Lipinski definition) is 0. The molecule has 0 bridgehead atoms. The second kappa shape index (κ2) is 9.20. The van der Waals surface area contributed by atoms with Crippen molar-refractivity contribution in [1.82, 2.24) is 4.98 Å². The van der Waals surface area contributed by atoms with Crippen LogP contribution in [0, 0.1) is 0 Å². The van der Waals surface area contributed by atoms with Crippen molar-refractivity contribution < 1.29 is 19.0 Å². The Kier molecular flexibility index (Phi) is 6.41. The van der Waals surface area contributed by atoms with Crippen molar-refractivity contribution in [2.75, 3.05) is 31.8 Å². The van der Waals surface area contributed by atoms with Crippen LogP contribution >= 0.6 is 22.9 Å². The van der Waals surface area contributed by atoms with Crippen LogP contribution in [0.25, 0.3) is 10.2 Å². The molecule has 8 heteroatoms. The topological polar surface area (TPSA) is 60.9 Å². The molecule has 1 atom stereocenters. The lowest BCUT2D eigenvalue weighted by Crippen LogP contribution is -2.37. The first-order chi connectivity index (χ1) is 14.6. The number of anilines is 1. The van der Waals surface area contributed by atoms with Gasteiger partial charge in [0.25, 0.3) is 5.91 Å². The molecule has 3 aromatic rings. The van der Waals surface area contributed by atoms with Gasteiger partial charge in [0.1, 0.15) is 17.0 Å². The molecule has 1 aliphatic rings. The highest BCUT2D eigenvalue weighted by atomic mass is 35.5. The van der Waals surface area contributed by atoms with Gasteiger partial charge in [0.2, 0.25) is 0 Å². The second-order valence-corrected chi connectivity index (χ2v) is 8.37. The lowest BCUT2D eigenvalue weighted by molar-refractivity contribution is 0.0915. The molecule has 1 saturated heterocycles. The summed E-state index contributed by atoms with van der Waals surface area (Å²) in [7, 11) is 1.54. The fraction of sp³-hybridized carbons (Fsp3) is 0.364. The molecule has 4 rings (SSSR count). The number of carbonyl (C=O) groups excluding carboxylic acids is 1. The highest BCUT2D eigenvalue weighted by Crippen LogP contribution is 2.36. The van der Waals surface area contributed by atoms with Crippen molar-refractivity contribution in [3.8, 4) is 11.5 Å². The number of carbonyl (C=O) groups is 1. The maximum atomic E-state index is 13.6. The van der Waals surface area contributed by atoms with Crippen molar-refractivity contribution >= 4 is 44.2 Å². The zero-order valence-electron chi connectivity index (χ0n) is 16.9. The minimum Gasteiger partial charge on any atom is -0.496 e. The summed E-state index contributed by atoms with van der Waals surface area (Å²) in [5.41, 5.74) is 1.15. The lowest BCUT2D eigenvalue weighted by atomic mass is 10.1. The molecule has 0 spiro atoms. The predicted molar refractivity (Wildman–Crippen MR) is 119 cm³/mol. The number of rotatable bonds is 7. The van der Waals surface area contributed by atoms with E-state index in [-0.39, 0.29) is 12.0 Å². The van der Waals surface area contributed by atoms with E-state index in [1.807, 2.05) is 25.1 Å². The van der Waals surface area contributed by atoms with Crippen LogP contribution in [0.5, 0.6) is 11.5 Å². The summed E-state index contributed by atoms with van der Waals surface area (Å²) in [6.45, 7) is 3.61. The summed E-state index contributed by atoms with van der Waals surface area (Å²) >= 11 is 7.63. The van der Waals surface area contributed by atoms with E-state index < -0.39 is 0 Å². The Morgan fingerprint density at radius 2 is 2.20 bits per heavy atom. The minimum atomic E-state index is -0.220. The van der Waals surface area contributed by atoms with Crippen molar-refractivity contribution in [2.45, 2.75) is 25.9 Å². The summed E-state index contributed by atoms with van der Waals surface area (Å²) in [4.78, 5) is 20.1. The number of para-hydroxylation sites is 1. The van der Waals surface area contributed by atoms with Gasteiger partial charge in [0, 0.05) is 11.6 Å². The highest BCUT2D eigenvalue weighted by Gasteiger charge is 2.29. The molecule has 1 aromatic heterocycles. The third-order valence-corrected chi connectivity index (χ3v) is 6.23. The van der Waals surface area contributed by atoms with Gasteiger partial charge in [-0.15, -0.1) is 0 Å². The van der Waals surface area contributed by atoms with E-state index >= 15 is 0 Å². The molecule has 0 N–H and O–H groups in total. The number of benzene rings is 2. The van der Waals surface area contributed by atoms with Crippen LogP contribution in [0.15, 0.2) is 36.4 Å². The Balaban J connectivity index is 1.77. The number of halogens is 1. The molecule has 2 aromatic carbocycles. The Morgan fingerprint density at radius 1 is 1.33 bits per heavy atom. The fourth-order valence-electron chi connectivity index (χ4n) is 3.53. The van der Waals surface area contributed by atoms with Crippen molar-refractivity contribution in [1.29, 1.82) is 0 Å². The van der Waals surface area contributed by atoms with Crippen LogP contribution in [-0.2, 0) is 4.74 Å². The third kappa shape index (κ3) is 4.24. The first-order valence-corrected chi connectivity index (χ1v) is 11.1. The molecule has 2 heterocycles. The van der Waals surface area contributed by atoms with Crippen molar-refractivity contribution in [3.05, 3.63) is 47.0 Å². The van der Waals surface area contributed by atoms with E-state index in [4.69, 9.17) is 30.8 Å². The Morgan fingerprint density at radius 3 is 2.93 bits per heavy atom. The Bertz CT molecular complexity index is 1050. The molecule has 158 valence electrons. The van der Waals surface area contributed by atoms with Gasteiger partial charge in [-0.2, -0.15) is 0 Å². The van der Waals surface area contributed by atoms with Gasteiger partial charge in [-0.05, 0) is 50.1 Å². The minimum absolute atomic E-state index is 0.0301. The summed E-state index contributed by atoms with van der Waals surface area (Å²) in [6, 6.07) is 10.8. The van der Waals surface area contributed by atoms with Gasteiger partial charge in [-0.25, -0.2) is 4.98 Å². The first-order valence-electron chi connectivity index (χ1n) is 9.90. The first kappa shape index (κ1) is 20.9. The smallest absolute Gasteiger partial charge is 0.263 e. The highest BCUT2D eigenvalue weighted by molar-refractivity contribution is 7.22. The largest absolute Gasteiger partial charge is 0.496 e. The molecule has 1 unspecified atom stereocenters. The number of methoxy groups -OCH3 is 1. The summed E-state index contributed by atoms with van der Waals surface area (Å²) < 4.78 is 17.9. The second-order valence-electron chi connectivity index (χ2n) is 6.93. The number of nitrogens with zero attached hydrogens (tertiary/aromatic N) is 2. The average Bonchev–Trinajstić information content (AvgIpc) is 3.42. The standard InChI is InChI=1S/C22H23ClN2O4S/c1-3-28-18-7-4-8-19-20(18)24-22(30-19)25(13-15-6-5-11-29-15)21(26)16-12-14(23)9-10-17(16)27-2/h4,7-10,12,15H,3,5-6,11,13H2,1-2H3. The third-order valence-electron chi connectivity index (χ3n) is 4.95. The van der Waals surface area contributed by atoms with E-state index in [0.29, 0.717) is 47.0 Å². The van der Waals surface area contributed by atoms with Gasteiger partial charge in [-0.3, -0.25) is 9.69 Å². The molecular formula is C22H23ClN2O4S. The maximum Gasteiger partial charge on any atom is 0.263 e. The van der Waals surface area contributed by atoms with E-state index in [1.165, 1.54) is 18.4 Å². The monoisotopic (exact) mass is 446 g/mol. The van der Waals surface area contributed by atoms with Gasteiger partial charge in [0.05, 0.1) is 36.6 Å². The van der Waals surface area contributed by atoms with E-state index in [1.54, 1.807) is 23.1 Å². The number of amides is 1. The van der Waals surface area contributed by atoms with Gasteiger partial charge in [-0.1, -0.05) is 29.0 Å². The predicted octanol–water partition coefficient (Wildman–Crippen LogP) is 5.18. The molecule has 1 amide bonds. The van der Waals surface area contributed by atoms with Gasteiger partial charge < -0.3 is 14.2 Å². The number of thiazole rings is 1. The van der Waals surface area contributed by atoms with Crippen molar-refractivity contribution in [3.63, 3.8) is 0 Å².